The number of rotatable bonds is 10. The summed E-state index contributed by atoms with van der Waals surface area (Å²) in [5.41, 5.74) is 1.99. The van der Waals surface area contributed by atoms with Gasteiger partial charge in [0.1, 0.15) is 6.54 Å². The van der Waals surface area contributed by atoms with E-state index in [4.69, 9.17) is 4.74 Å². The number of carbonyl (C=O) groups excluding carboxylic acids is 1. The molecule has 1 aliphatic rings. The maximum Gasteiger partial charge on any atom is 0.327 e. The quantitative estimate of drug-likeness (QED) is 0.553. The van der Waals surface area contributed by atoms with E-state index in [2.05, 4.69) is 20.8 Å². The molecule has 0 bridgehead atoms. The highest BCUT2D eigenvalue weighted by Gasteiger charge is 2.31. The number of carboxylic acids is 1. The first-order chi connectivity index (χ1) is 15.0. The van der Waals surface area contributed by atoms with Crippen molar-refractivity contribution < 1.29 is 19.4 Å². The molecule has 0 amide bonds. The van der Waals surface area contributed by atoms with E-state index in [-0.39, 0.29) is 31.5 Å². The standard InChI is InChI=1S/C22H31N5O4/c1-3-31-20(30)14-27-22(24-25-26-27)21(17-11-7-8-15(2)12-17)23-18(13-19(28)29)16-9-5-4-6-10-16/h7-8,11-12,16,18,21,23H,3-6,9-10,13-14H2,1-2H3,(H,28,29). The second-order valence-electron chi connectivity index (χ2n) is 8.12. The first-order valence-electron chi connectivity index (χ1n) is 10.9. The van der Waals surface area contributed by atoms with Gasteiger partial charge in [0.25, 0.3) is 0 Å². The molecule has 3 rings (SSSR count). The molecular weight excluding hydrogens is 398 g/mol. The van der Waals surface area contributed by atoms with Crippen molar-refractivity contribution in [2.45, 2.75) is 71.0 Å². The van der Waals surface area contributed by atoms with Crippen LogP contribution in [0.15, 0.2) is 24.3 Å². The third-order valence-corrected chi connectivity index (χ3v) is 5.77. The van der Waals surface area contributed by atoms with Gasteiger partial charge in [0.15, 0.2) is 5.82 Å². The molecule has 0 spiro atoms. The van der Waals surface area contributed by atoms with Crippen molar-refractivity contribution in [1.82, 2.24) is 25.5 Å². The zero-order chi connectivity index (χ0) is 22.2. The number of hydrogen-bond donors (Lipinski definition) is 2. The van der Waals surface area contributed by atoms with E-state index in [0.717, 1.165) is 36.8 Å². The Morgan fingerprint density at radius 1 is 1.29 bits per heavy atom. The van der Waals surface area contributed by atoms with Crippen molar-refractivity contribution in [2.24, 2.45) is 5.92 Å². The molecule has 168 valence electrons. The molecule has 1 saturated carbocycles. The fourth-order valence-electron chi connectivity index (χ4n) is 4.33. The molecule has 2 atom stereocenters. The SMILES string of the molecule is CCOC(=O)Cn1nnnc1C(NC(CC(=O)O)C1CCCCC1)c1cccc(C)c1. The third-order valence-electron chi connectivity index (χ3n) is 5.77. The van der Waals surface area contributed by atoms with E-state index in [1.54, 1.807) is 6.92 Å². The van der Waals surface area contributed by atoms with E-state index in [1.165, 1.54) is 11.1 Å². The van der Waals surface area contributed by atoms with Gasteiger partial charge in [-0.25, -0.2) is 4.68 Å². The molecule has 9 heteroatoms. The topological polar surface area (TPSA) is 119 Å². The van der Waals surface area contributed by atoms with Gasteiger partial charge in [-0.05, 0) is 48.6 Å². The Bertz CT molecular complexity index is 878. The van der Waals surface area contributed by atoms with Gasteiger partial charge in [-0.1, -0.05) is 49.1 Å². The number of nitrogens with zero attached hydrogens (tertiary/aromatic N) is 4. The van der Waals surface area contributed by atoms with Gasteiger partial charge in [0, 0.05) is 6.04 Å². The summed E-state index contributed by atoms with van der Waals surface area (Å²) in [4.78, 5) is 23.7. The first kappa shape index (κ1) is 22.9. The molecule has 31 heavy (non-hydrogen) atoms. The molecule has 1 aliphatic carbocycles. The number of aryl methyl sites for hydroxylation is 1. The molecule has 1 aromatic heterocycles. The van der Waals surface area contributed by atoms with Crippen molar-refractivity contribution >= 4 is 11.9 Å². The Hall–Kier alpha value is -2.81. The Balaban J connectivity index is 1.94. The van der Waals surface area contributed by atoms with Crippen molar-refractivity contribution in [2.75, 3.05) is 6.61 Å². The highest BCUT2D eigenvalue weighted by atomic mass is 16.5. The van der Waals surface area contributed by atoms with Crippen molar-refractivity contribution in [3.63, 3.8) is 0 Å². The van der Waals surface area contributed by atoms with Crippen LogP contribution in [0.4, 0.5) is 0 Å². The van der Waals surface area contributed by atoms with Crippen molar-refractivity contribution in [3.05, 3.63) is 41.2 Å². The maximum atomic E-state index is 12.1. The number of tetrazole rings is 1. The number of nitrogens with one attached hydrogen (secondary N) is 1. The predicted octanol–water partition coefficient (Wildman–Crippen LogP) is 2.65. The Morgan fingerprint density at radius 2 is 2.06 bits per heavy atom. The molecule has 1 heterocycles. The summed E-state index contributed by atoms with van der Waals surface area (Å²) < 4.78 is 6.48. The third kappa shape index (κ3) is 6.33. The summed E-state index contributed by atoms with van der Waals surface area (Å²) in [5, 5.41) is 25.1. The minimum atomic E-state index is -0.836. The summed E-state index contributed by atoms with van der Waals surface area (Å²) >= 11 is 0. The van der Waals surface area contributed by atoms with Crippen LogP contribution in [-0.2, 0) is 20.9 Å². The lowest BCUT2D eigenvalue weighted by atomic mass is 9.82. The monoisotopic (exact) mass is 429 g/mol. The zero-order valence-electron chi connectivity index (χ0n) is 18.2. The Morgan fingerprint density at radius 3 is 2.74 bits per heavy atom. The number of carboxylic acid groups (broad SMARTS) is 1. The highest BCUT2D eigenvalue weighted by molar-refractivity contribution is 5.69. The molecule has 2 aromatic rings. The number of aliphatic carboxylic acids is 1. The van der Waals surface area contributed by atoms with Gasteiger partial charge in [0.05, 0.1) is 19.1 Å². The number of carbonyl (C=O) groups is 2. The summed E-state index contributed by atoms with van der Waals surface area (Å²) in [7, 11) is 0. The largest absolute Gasteiger partial charge is 0.481 e. The molecule has 0 aliphatic heterocycles. The number of benzene rings is 1. The predicted molar refractivity (Wildman–Crippen MR) is 113 cm³/mol. The van der Waals surface area contributed by atoms with Crippen LogP contribution in [-0.4, -0.2) is 49.9 Å². The number of esters is 1. The van der Waals surface area contributed by atoms with Crippen LogP contribution in [0.25, 0.3) is 0 Å². The lowest BCUT2D eigenvalue weighted by Crippen LogP contribution is -2.42. The van der Waals surface area contributed by atoms with Gasteiger partial charge in [-0.2, -0.15) is 0 Å². The number of aromatic nitrogens is 4. The Labute approximate surface area is 182 Å². The van der Waals surface area contributed by atoms with E-state index >= 15 is 0 Å². The highest BCUT2D eigenvalue weighted by Crippen LogP contribution is 2.31. The van der Waals surface area contributed by atoms with Gasteiger partial charge >= 0.3 is 11.9 Å². The molecule has 2 unspecified atom stereocenters. The van der Waals surface area contributed by atoms with E-state index in [1.807, 2.05) is 31.2 Å². The molecular formula is C22H31N5O4. The average Bonchev–Trinajstić information content (AvgIpc) is 3.19. The van der Waals surface area contributed by atoms with Crippen LogP contribution in [0.5, 0.6) is 0 Å². The second kappa shape index (κ2) is 11.0. The fraction of sp³-hybridized carbons (Fsp3) is 0.591. The van der Waals surface area contributed by atoms with Crippen LogP contribution in [0.2, 0.25) is 0 Å². The number of hydrogen-bond acceptors (Lipinski definition) is 7. The molecule has 1 fully saturated rings. The average molecular weight is 430 g/mol. The molecule has 2 N–H and O–H groups in total. The first-order valence-corrected chi connectivity index (χ1v) is 10.9. The number of ether oxygens (including phenoxy) is 1. The maximum absolute atomic E-state index is 12.1. The summed E-state index contributed by atoms with van der Waals surface area (Å²) in [6.07, 6.45) is 5.43. The summed E-state index contributed by atoms with van der Waals surface area (Å²) in [5.74, 6) is -0.526. The fourth-order valence-corrected chi connectivity index (χ4v) is 4.33. The molecule has 9 nitrogen and oxygen atoms in total. The van der Waals surface area contributed by atoms with Gasteiger partial charge < -0.3 is 9.84 Å². The van der Waals surface area contributed by atoms with Crippen molar-refractivity contribution in [1.29, 1.82) is 0 Å². The smallest absolute Gasteiger partial charge is 0.327 e. The summed E-state index contributed by atoms with van der Waals surface area (Å²) in [6.45, 7) is 3.92. The lowest BCUT2D eigenvalue weighted by molar-refractivity contribution is -0.144. The molecule has 0 saturated heterocycles. The molecule has 0 radical (unpaired) electrons. The van der Waals surface area contributed by atoms with Gasteiger partial charge in [-0.3, -0.25) is 14.9 Å². The zero-order valence-corrected chi connectivity index (χ0v) is 18.2. The second-order valence-corrected chi connectivity index (χ2v) is 8.12. The Kier molecular flexibility index (Phi) is 8.11. The minimum absolute atomic E-state index is 0.0203. The van der Waals surface area contributed by atoms with E-state index < -0.39 is 18.0 Å². The van der Waals surface area contributed by atoms with E-state index in [9.17, 15) is 14.7 Å². The normalized spacial score (nSPS) is 16.6. The van der Waals surface area contributed by atoms with Gasteiger partial charge in [0.2, 0.25) is 0 Å². The van der Waals surface area contributed by atoms with Crippen LogP contribution in [0.1, 0.15) is 68.4 Å². The van der Waals surface area contributed by atoms with Crippen LogP contribution in [0, 0.1) is 12.8 Å². The van der Waals surface area contributed by atoms with Gasteiger partial charge in [-0.15, -0.1) is 5.10 Å². The van der Waals surface area contributed by atoms with E-state index in [0.29, 0.717) is 5.82 Å². The summed E-state index contributed by atoms with van der Waals surface area (Å²) in [6, 6.07) is 7.27. The molecule has 1 aromatic carbocycles. The van der Waals surface area contributed by atoms with Crippen molar-refractivity contribution in [3.8, 4) is 0 Å². The van der Waals surface area contributed by atoms with Crippen LogP contribution in [0.3, 0.4) is 0 Å². The lowest BCUT2D eigenvalue weighted by Gasteiger charge is -2.33. The van der Waals surface area contributed by atoms with Crippen LogP contribution >= 0.6 is 0 Å². The minimum Gasteiger partial charge on any atom is -0.481 e. The van der Waals surface area contributed by atoms with Crippen LogP contribution < -0.4 is 5.32 Å².